The molecule has 1 aliphatic rings. The molecule has 1 fully saturated rings. The van der Waals surface area contributed by atoms with Crippen molar-refractivity contribution in [2.24, 2.45) is 0 Å². The molecule has 28 heavy (non-hydrogen) atoms. The number of hydrogen-bond donors (Lipinski definition) is 0. The lowest BCUT2D eigenvalue weighted by molar-refractivity contribution is -0.127. The molecule has 0 saturated carbocycles. The van der Waals surface area contributed by atoms with E-state index in [0.29, 0.717) is 43.2 Å². The van der Waals surface area contributed by atoms with Crippen molar-refractivity contribution in [3.8, 4) is 11.5 Å². The maximum Gasteiger partial charge on any atom is 0.259 e. The minimum atomic E-state index is -0.185. The molecule has 0 atom stereocenters. The Labute approximate surface area is 165 Å². The standard InChI is InChI=1S/C22H26N2O4/c1-3-27-19-13-12-17(15-20(19)28-4-2)22(26)24(18-9-6-5-7-10-18)16-23-14-8-11-21(23)25/h5-7,9-10,12-13,15H,3-4,8,11,14,16H2,1-2H3. The van der Waals surface area contributed by atoms with Crippen molar-refractivity contribution in [3.05, 3.63) is 54.1 Å². The number of hydrogen-bond acceptors (Lipinski definition) is 4. The number of carbonyl (C=O) groups is 2. The SMILES string of the molecule is CCOc1ccc(C(=O)N(CN2CCCC2=O)c2ccccc2)cc1OCC. The summed E-state index contributed by atoms with van der Waals surface area (Å²) in [6.07, 6.45) is 1.36. The molecule has 148 valence electrons. The van der Waals surface area contributed by atoms with Gasteiger partial charge in [0.25, 0.3) is 5.91 Å². The molecule has 2 aromatic rings. The van der Waals surface area contributed by atoms with E-state index >= 15 is 0 Å². The third kappa shape index (κ3) is 4.44. The Morgan fingerprint density at radius 1 is 1.04 bits per heavy atom. The number of para-hydroxylation sites is 1. The van der Waals surface area contributed by atoms with Crippen molar-refractivity contribution >= 4 is 17.5 Å². The summed E-state index contributed by atoms with van der Waals surface area (Å²) in [6, 6.07) is 14.6. The number of ether oxygens (including phenoxy) is 2. The van der Waals surface area contributed by atoms with Crippen LogP contribution in [0.2, 0.25) is 0 Å². The van der Waals surface area contributed by atoms with E-state index in [-0.39, 0.29) is 18.5 Å². The molecule has 0 radical (unpaired) electrons. The average molecular weight is 382 g/mol. The van der Waals surface area contributed by atoms with Crippen molar-refractivity contribution in [3.63, 3.8) is 0 Å². The van der Waals surface area contributed by atoms with Crippen LogP contribution in [0.1, 0.15) is 37.0 Å². The third-order valence-corrected chi connectivity index (χ3v) is 4.59. The zero-order valence-corrected chi connectivity index (χ0v) is 16.4. The van der Waals surface area contributed by atoms with Crippen LogP contribution in [0.4, 0.5) is 5.69 Å². The van der Waals surface area contributed by atoms with Crippen molar-refractivity contribution in [1.29, 1.82) is 0 Å². The number of carbonyl (C=O) groups excluding carboxylic acids is 2. The zero-order valence-electron chi connectivity index (χ0n) is 16.4. The minimum absolute atomic E-state index is 0.0791. The molecule has 0 unspecified atom stereocenters. The maximum atomic E-state index is 13.4. The molecule has 0 aliphatic carbocycles. The molecule has 3 rings (SSSR count). The fourth-order valence-corrected chi connectivity index (χ4v) is 3.24. The van der Waals surface area contributed by atoms with Gasteiger partial charge in [0.05, 0.1) is 13.2 Å². The number of nitrogens with zero attached hydrogens (tertiary/aromatic N) is 2. The topological polar surface area (TPSA) is 59.1 Å². The fourth-order valence-electron chi connectivity index (χ4n) is 3.24. The second-order valence-electron chi connectivity index (χ2n) is 6.50. The number of likely N-dealkylation sites (tertiary alicyclic amines) is 1. The van der Waals surface area contributed by atoms with E-state index in [1.165, 1.54) is 0 Å². The molecule has 2 amide bonds. The van der Waals surface area contributed by atoms with Gasteiger partial charge in [0, 0.05) is 24.2 Å². The van der Waals surface area contributed by atoms with Crippen LogP contribution < -0.4 is 14.4 Å². The van der Waals surface area contributed by atoms with Crippen LogP contribution in [-0.2, 0) is 4.79 Å². The highest BCUT2D eigenvalue weighted by molar-refractivity contribution is 6.06. The van der Waals surface area contributed by atoms with Crippen LogP contribution in [0, 0.1) is 0 Å². The Balaban J connectivity index is 1.92. The summed E-state index contributed by atoms with van der Waals surface area (Å²) in [6.45, 7) is 5.68. The molecule has 0 N–H and O–H groups in total. The van der Waals surface area contributed by atoms with Gasteiger partial charge in [0.1, 0.15) is 6.67 Å². The molecule has 2 aromatic carbocycles. The minimum Gasteiger partial charge on any atom is -0.490 e. The smallest absolute Gasteiger partial charge is 0.259 e. The van der Waals surface area contributed by atoms with Crippen molar-refractivity contribution < 1.29 is 19.1 Å². The van der Waals surface area contributed by atoms with Gasteiger partial charge in [-0.3, -0.25) is 14.5 Å². The van der Waals surface area contributed by atoms with E-state index < -0.39 is 0 Å². The molecule has 1 saturated heterocycles. The molecular weight excluding hydrogens is 356 g/mol. The first kappa shape index (κ1) is 19.7. The van der Waals surface area contributed by atoms with Gasteiger partial charge in [-0.2, -0.15) is 0 Å². The Morgan fingerprint density at radius 2 is 1.75 bits per heavy atom. The highest BCUT2D eigenvalue weighted by Crippen LogP contribution is 2.30. The Morgan fingerprint density at radius 3 is 2.39 bits per heavy atom. The largest absolute Gasteiger partial charge is 0.490 e. The second kappa shape index (κ2) is 9.26. The molecule has 0 spiro atoms. The van der Waals surface area contributed by atoms with Crippen LogP contribution in [0.25, 0.3) is 0 Å². The molecular formula is C22H26N2O4. The van der Waals surface area contributed by atoms with Gasteiger partial charge in [-0.15, -0.1) is 0 Å². The predicted molar refractivity (Wildman–Crippen MR) is 108 cm³/mol. The molecule has 6 nitrogen and oxygen atoms in total. The first-order valence-electron chi connectivity index (χ1n) is 9.68. The summed E-state index contributed by atoms with van der Waals surface area (Å²) in [5.74, 6) is 1.05. The number of anilines is 1. The van der Waals surface area contributed by atoms with Crippen LogP contribution in [-0.4, -0.2) is 43.1 Å². The van der Waals surface area contributed by atoms with E-state index in [0.717, 1.165) is 12.1 Å². The molecule has 1 heterocycles. The summed E-state index contributed by atoms with van der Waals surface area (Å²) in [4.78, 5) is 28.8. The Hall–Kier alpha value is -3.02. The summed E-state index contributed by atoms with van der Waals surface area (Å²) in [5, 5.41) is 0. The van der Waals surface area contributed by atoms with Gasteiger partial charge in [-0.05, 0) is 50.6 Å². The zero-order chi connectivity index (χ0) is 19.9. The first-order valence-corrected chi connectivity index (χ1v) is 9.68. The Kier molecular flexibility index (Phi) is 6.53. The Bertz CT molecular complexity index is 823. The van der Waals surface area contributed by atoms with Gasteiger partial charge in [0.15, 0.2) is 11.5 Å². The van der Waals surface area contributed by atoms with Gasteiger partial charge in [-0.25, -0.2) is 0 Å². The lowest BCUT2D eigenvalue weighted by atomic mass is 10.1. The number of rotatable bonds is 8. The van der Waals surface area contributed by atoms with E-state index in [1.807, 2.05) is 44.2 Å². The lowest BCUT2D eigenvalue weighted by Crippen LogP contribution is -2.42. The average Bonchev–Trinajstić information content (AvgIpc) is 3.12. The van der Waals surface area contributed by atoms with Crippen LogP contribution >= 0.6 is 0 Å². The van der Waals surface area contributed by atoms with Crippen molar-refractivity contribution in [2.45, 2.75) is 26.7 Å². The summed E-state index contributed by atoms with van der Waals surface area (Å²) in [5.41, 5.74) is 1.24. The maximum absolute atomic E-state index is 13.4. The van der Waals surface area contributed by atoms with Gasteiger partial charge < -0.3 is 14.4 Å². The van der Waals surface area contributed by atoms with Crippen LogP contribution in [0.5, 0.6) is 11.5 Å². The molecule has 0 aromatic heterocycles. The van der Waals surface area contributed by atoms with Crippen molar-refractivity contribution in [1.82, 2.24) is 4.90 Å². The monoisotopic (exact) mass is 382 g/mol. The highest BCUT2D eigenvalue weighted by Gasteiger charge is 2.26. The van der Waals surface area contributed by atoms with Gasteiger partial charge in [-0.1, -0.05) is 18.2 Å². The fraction of sp³-hybridized carbons (Fsp3) is 0.364. The third-order valence-electron chi connectivity index (χ3n) is 4.59. The normalized spacial score (nSPS) is 13.5. The van der Waals surface area contributed by atoms with E-state index in [1.54, 1.807) is 28.0 Å². The van der Waals surface area contributed by atoms with E-state index in [9.17, 15) is 9.59 Å². The molecule has 0 bridgehead atoms. The second-order valence-corrected chi connectivity index (χ2v) is 6.50. The number of benzene rings is 2. The van der Waals surface area contributed by atoms with E-state index in [2.05, 4.69) is 0 Å². The van der Waals surface area contributed by atoms with Gasteiger partial charge in [0.2, 0.25) is 5.91 Å². The van der Waals surface area contributed by atoms with Crippen LogP contribution in [0.15, 0.2) is 48.5 Å². The first-order chi connectivity index (χ1) is 13.6. The van der Waals surface area contributed by atoms with Crippen LogP contribution in [0.3, 0.4) is 0 Å². The predicted octanol–water partition coefficient (Wildman–Crippen LogP) is 3.71. The van der Waals surface area contributed by atoms with Crippen molar-refractivity contribution in [2.75, 3.05) is 31.3 Å². The van der Waals surface area contributed by atoms with Gasteiger partial charge >= 0.3 is 0 Å². The quantitative estimate of drug-likeness (QED) is 0.698. The van der Waals surface area contributed by atoms with E-state index in [4.69, 9.17) is 9.47 Å². The summed E-state index contributed by atoms with van der Waals surface area (Å²) >= 11 is 0. The number of amides is 2. The summed E-state index contributed by atoms with van der Waals surface area (Å²) in [7, 11) is 0. The molecule has 1 aliphatic heterocycles. The highest BCUT2D eigenvalue weighted by atomic mass is 16.5. The lowest BCUT2D eigenvalue weighted by Gasteiger charge is -2.28. The summed E-state index contributed by atoms with van der Waals surface area (Å²) < 4.78 is 11.2. The molecule has 6 heteroatoms.